The standard InChI is InChI=1S/C26H44O9Si/c1-14-16(28-13-18(29-15(2)27)20-19(14)31-25(6,7)32-20)12-17-21(35-36(10,11)24(3,4)5)22-23(30-17)34-26(8,9)33-22/h16-23H,1,12-13H2,2-11H3/t16?,17-,18+,19-,20-,21+,22-,23-/m1/s1. The Bertz CT molecular complexity index is 864. The third-order valence-electron chi connectivity index (χ3n) is 7.82. The molecule has 4 heterocycles. The molecule has 0 aliphatic carbocycles. The number of fused-ring (bicyclic) bond motifs is 2. The molecule has 4 aliphatic rings. The monoisotopic (exact) mass is 528 g/mol. The Balaban J connectivity index is 1.57. The summed E-state index contributed by atoms with van der Waals surface area (Å²) in [6.45, 7) is 24.4. The Hall–Kier alpha value is -0.853. The molecule has 0 saturated carbocycles. The van der Waals surface area contributed by atoms with Gasteiger partial charge in [-0.05, 0) is 51.4 Å². The number of carbonyl (C=O) groups excluding carboxylic acids is 1. The molecule has 10 heteroatoms. The highest BCUT2D eigenvalue weighted by atomic mass is 28.4. The maximum Gasteiger partial charge on any atom is 0.303 e. The number of ether oxygens (including phenoxy) is 7. The third-order valence-corrected chi connectivity index (χ3v) is 12.3. The fraction of sp³-hybridized carbons (Fsp3) is 0.885. The topological polar surface area (TPSA) is 90.9 Å². The average Bonchev–Trinajstić information content (AvgIpc) is 3.27. The van der Waals surface area contributed by atoms with Gasteiger partial charge in [0.1, 0.15) is 24.4 Å². The van der Waals surface area contributed by atoms with Gasteiger partial charge in [-0.1, -0.05) is 27.4 Å². The SMILES string of the molecule is C=C1C(C[C@H]2O[C@@H]3OC(C)(C)O[C@@H]3[C@H]2O[Si](C)(C)C(C)(C)C)OC[C@H](OC(C)=O)[C@H]2OC(C)(C)O[C@H]12. The molecule has 4 fully saturated rings. The lowest BCUT2D eigenvalue weighted by Crippen LogP contribution is -2.50. The summed E-state index contributed by atoms with van der Waals surface area (Å²) in [4.78, 5) is 11.8. The highest BCUT2D eigenvalue weighted by Gasteiger charge is 2.58. The highest BCUT2D eigenvalue weighted by Crippen LogP contribution is 2.46. The lowest BCUT2D eigenvalue weighted by molar-refractivity contribution is -0.217. The minimum atomic E-state index is -2.16. The maximum absolute atomic E-state index is 11.8. The quantitative estimate of drug-likeness (QED) is 0.298. The molecule has 1 unspecified atom stereocenters. The molecule has 0 amide bonds. The molecule has 0 N–H and O–H groups in total. The van der Waals surface area contributed by atoms with Gasteiger partial charge in [0.15, 0.2) is 32.3 Å². The molecule has 0 bridgehead atoms. The van der Waals surface area contributed by atoms with Gasteiger partial charge in [0.2, 0.25) is 0 Å². The summed E-state index contributed by atoms with van der Waals surface area (Å²) in [6.07, 6.45) is -3.07. The van der Waals surface area contributed by atoms with E-state index in [4.69, 9.17) is 37.6 Å². The normalized spacial score (nSPS) is 40.0. The Kier molecular flexibility index (Phi) is 7.36. The maximum atomic E-state index is 11.8. The Morgan fingerprint density at radius 3 is 2.28 bits per heavy atom. The summed E-state index contributed by atoms with van der Waals surface area (Å²) in [7, 11) is -2.16. The van der Waals surface area contributed by atoms with Crippen LogP contribution >= 0.6 is 0 Å². The second kappa shape index (κ2) is 9.41. The molecule has 206 valence electrons. The van der Waals surface area contributed by atoms with Crippen molar-refractivity contribution in [3.63, 3.8) is 0 Å². The summed E-state index contributed by atoms with van der Waals surface area (Å²) < 4.78 is 49.7. The second-order valence-corrected chi connectivity index (χ2v) is 17.5. The van der Waals surface area contributed by atoms with Crippen molar-refractivity contribution in [3.8, 4) is 0 Å². The summed E-state index contributed by atoms with van der Waals surface area (Å²) in [5.41, 5.74) is 0.731. The zero-order valence-electron chi connectivity index (χ0n) is 23.4. The van der Waals surface area contributed by atoms with Gasteiger partial charge in [-0.25, -0.2) is 0 Å². The van der Waals surface area contributed by atoms with Crippen molar-refractivity contribution in [1.82, 2.24) is 0 Å². The van der Waals surface area contributed by atoms with Gasteiger partial charge in [-0.2, -0.15) is 0 Å². The predicted molar refractivity (Wildman–Crippen MR) is 134 cm³/mol. The van der Waals surface area contributed by atoms with Crippen LogP contribution in [0.2, 0.25) is 18.1 Å². The molecule has 0 radical (unpaired) electrons. The summed E-state index contributed by atoms with van der Waals surface area (Å²) in [5, 5.41) is 0.0120. The van der Waals surface area contributed by atoms with Crippen molar-refractivity contribution >= 4 is 14.3 Å². The molecule has 4 rings (SSSR count). The number of hydrogen-bond donors (Lipinski definition) is 0. The highest BCUT2D eigenvalue weighted by molar-refractivity contribution is 6.74. The van der Waals surface area contributed by atoms with Crippen molar-refractivity contribution in [2.75, 3.05) is 6.61 Å². The van der Waals surface area contributed by atoms with Crippen LogP contribution in [-0.4, -0.2) is 81.5 Å². The van der Waals surface area contributed by atoms with E-state index in [1.54, 1.807) is 0 Å². The van der Waals surface area contributed by atoms with Gasteiger partial charge in [-0.15, -0.1) is 0 Å². The molecule has 0 aromatic rings. The predicted octanol–water partition coefficient (Wildman–Crippen LogP) is 4.05. The van der Waals surface area contributed by atoms with Crippen LogP contribution in [0.3, 0.4) is 0 Å². The first-order valence-corrected chi connectivity index (χ1v) is 15.8. The Morgan fingerprint density at radius 2 is 1.67 bits per heavy atom. The third kappa shape index (κ3) is 5.61. The van der Waals surface area contributed by atoms with E-state index in [1.165, 1.54) is 6.92 Å². The van der Waals surface area contributed by atoms with Crippen LogP contribution in [0.4, 0.5) is 0 Å². The number of esters is 1. The minimum Gasteiger partial charge on any atom is -0.457 e. The molecule has 8 atom stereocenters. The van der Waals surface area contributed by atoms with Gasteiger partial charge in [-0.3, -0.25) is 4.79 Å². The van der Waals surface area contributed by atoms with Crippen molar-refractivity contribution in [1.29, 1.82) is 0 Å². The lowest BCUT2D eigenvalue weighted by Gasteiger charge is -2.41. The van der Waals surface area contributed by atoms with E-state index >= 15 is 0 Å². The van der Waals surface area contributed by atoms with Crippen molar-refractivity contribution in [2.45, 2.75) is 141 Å². The van der Waals surface area contributed by atoms with Gasteiger partial charge in [0.25, 0.3) is 0 Å². The van der Waals surface area contributed by atoms with Crippen LogP contribution < -0.4 is 0 Å². The minimum absolute atomic E-state index is 0.0120. The van der Waals surface area contributed by atoms with E-state index in [9.17, 15) is 4.79 Å². The molecule has 9 nitrogen and oxygen atoms in total. The van der Waals surface area contributed by atoms with Crippen molar-refractivity contribution in [2.24, 2.45) is 0 Å². The zero-order valence-corrected chi connectivity index (χ0v) is 24.4. The molecule has 0 aromatic heterocycles. The van der Waals surface area contributed by atoms with Crippen LogP contribution in [0, 0.1) is 0 Å². The van der Waals surface area contributed by atoms with Gasteiger partial charge in [0, 0.05) is 13.3 Å². The van der Waals surface area contributed by atoms with E-state index in [0.29, 0.717) is 6.42 Å². The zero-order chi connectivity index (χ0) is 26.8. The fourth-order valence-corrected chi connectivity index (χ4v) is 6.40. The molecular formula is C26H44O9Si. The Morgan fingerprint density at radius 1 is 1.06 bits per heavy atom. The van der Waals surface area contributed by atoms with Gasteiger partial charge < -0.3 is 37.6 Å². The van der Waals surface area contributed by atoms with E-state index in [0.717, 1.165) is 5.57 Å². The van der Waals surface area contributed by atoms with Crippen LogP contribution in [0.15, 0.2) is 12.2 Å². The second-order valence-electron chi connectivity index (χ2n) is 12.8. The van der Waals surface area contributed by atoms with E-state index in [2.05, 4.69) is 40.4 Å². The van der Waals surface area contributed by atoms with Crippen LogP contribution in [-0.2, 0) is 42.4 Å². The van der Waals surface area contributed by atoms with Crippen LogP contribution in [0.5, 0.6) is 0 Å². The molecule has 0 spiro atoms. The van der Waals surface area contributed by atoms with Gasteiger partial charge in [0.05, 0.1) is 18.8 Å². The molecule has 4 saturated heterocycles. The fourth-order valence-electron chi connectivity index (χ4n) is 5.08. The smallest absolute Gasteiger partial charge is 0.303 e. The largest absolute Gasteiger partial charge is 0.457 e. The summed E-state index contributed by atoms with van der Waals surface area (Å²) in [5.74, 6) is -1.98. The summed E-state index contributed by atoms with van der Waals surface area (Å²) in [6, 6.07) is 0. The Labute approximate surface area is 216 Å². The lowest BCUT2D eigenvalue weighted by atomic mass is 9.94. The van der Waals surface area contributed by atoms with E-state index in [1.807, 2.05) is 27.7 Å². The van der Waals surface area contributed by atoms with Crippen LogP contribution in [0.25, 0.3) is 0 Å². The van der Waals surface area contributed by atoms with Crippen molar-refractivity contribution < 1.29 is 42.4 Å². The number of rotatable bonds is 5. The molecule has 4 aliphatic heterocycles. The number of carbonyl (C=O) groups is 1. The molecule has 0 aromatic carbocycles. The average molecular weight is 529 g/mol. The van der Waals surface area contributed by atoms with Gasteiger partial charge >= 0.3 is 5.97 Å². The van der Waals surface area contributed by atoms with E-state index < -0.39 is 56.6 Å². The van der Waals surface area contributed by atoms with E-state index in [-0.39, 0.29) is 30.0 Å². The van der Waals surface area contributed by atoms with Crippen LogP contribution in [0.1, 0.15) is 61.8 Å². The van der Waals surface area contributed by atoms with Crippen molar-refractivity contribution in [3.05, 3.63) is 12.2 Å². The number of hydrogen-bond acceptors (Lipinski definition) is 9. The summed E-state index contributed by atoms with van der Waals surface area (Å²) >= 11 is 0. The molecular weight excluding hydrogens is 484 g/mol. The first-order chi connectivity index (χ1) is 16.4. The molecule has 36 heavy (non-hydrogen) atoms. The first kappa shape index (κ1) is 28.2. The first-order valence-electron chi connectivity index (χ1n) is 12.9.